The van der Waals surface area contributed by atoms with Gasteiger partial charge in [-0.2, -0.15) is 0 Å². The summed E-state index contributed by atoms with van der Waals surface area (Å²) in [6.45, 7) is 4.94. The molecule has 0 aromatic carbocycles. The van der Waals surface area contributed by atoms with E-state index in [2.05, 4.69) is 55.6 Å². The number of hydrogen-bond donors (Lipinski definition) is 3. The molecule has 0 saturated heterocycles. The molecule has 2 unspecified atom stereocenters. The third-order valence-electron chi connectivity index (χ3n) is 14.4. The molecule has 0 aliphatic carbocycles. The van der Waals surface area contributed by atoms with Crippen LogP contribution in [0.4, 0.5) is 0 Å². The lowest BCUT2D eigenvalue weighted by molar-refractivity contribution is -0.143. The van der Waals surface area contributed by atoms with E-state index in [1.54, 1.807) is 0 Å². The van der Waals surface area contributed by atoms with Gasteiger partial charge in [0.1, 0.15) is 0 Å². The summed E-state index contributed by atoms with van der Waals surface area (Å²) >= 11 is 0. The molecule has 0 aromatic heterocycles. The van der Waals surface area contributed by atoms with Crippen LogP contribution in [0.5, 0.6) is 0 Å². The molecule has 0 spiro atoms. The Morgan fingerprint density at radius 1 is 0.400 bits per heavy atom. The smallest absolute Gasteiger partial charge is 0.305 e. The topological polar surface area (TPSA) is 95.9 Å². The predicted molar refractivity (Wildman–Crippen MR) is 306 cm³/mol. The van der Waals surface area contributed by atoms with Crippen LogP contribution in [-0.4, -0.2) is 47.4 Å². The number of esters is 1. The van der Waals surface area contributed by atoms with Crippen molar-refractivity contribution < 1.29 is 24.5 Å². The van der Waals surface area contributed by atoms with E-state index >= 15 is 0 Å². The van der Waals surface area contributed by atoms with Gasteiger partial charge in [-0.1, -0.05) is 275 Å². The van der Waals surface area contributed by atoms with Crippen molar-refractivity contribution in [2.75, 3.05) is 13.2 Å². The molecule has 2 atom stereocenters. The minimum Gasteiger partial charge on any atom is -0.466 e. The number of allylic oxidation sites excluding steroid dienone is 6. The normalized spacial score (nSPS) is 12.8. The van der Waals surface area contributed by atoms with E-state index in [4.69, 9.17) is 4.74 Å². The van der Waals surface area contributed by atoms with Crippen LogP contribution < -0.4 is 5.32 Å². The number of aliphatic hydroxyl groups is 2. The Morgan fingerprint density at radius 3 is 1.11 bits per heavy atom. The summed E-state index contributed by atoms with van der Waals surface area (Å²) in [5.41, 5.74) is 0. The van der Waals surface area contributed by atoms with E-state index in [9.17, 15) is 19.8 Å². The van der Waals surface area contributed by atoms with Crippen molar-refractivity contribution in [3.05, 3.63) is 36.5 Å². The molecule has 0 aliphatic heterocycles. The van der Waals surface area contributed by atoms with Crippen molar-refractivity contribution in [3.8, 4) is 0 Å². The van der Waals surface area contributed by atoms with Gasteiger partial charge in [0, 0.05) is 12.8 Å². The van der Waals surface area contributed by atoms with Crippen LogP contribution in [0.3, 0.4) is 0 Å². The summed E-state index contributed by atoms with van der Waals surface area (Å²) in [4.78, 5) is 24.5. The van der Waals surface area contributed by atoms with Crippen LogP contribution >= 0.6 is 0 Å². The Hall–Kier alpha value is -1.92. The molecule has 6 nitrogen and oxygen atoms in total. The first kappa shape index (κ1) is 68.1. The van der Waals surface area contributed by atoms with Gasteiger partial charge >= 0.3 is 5.97 Å². The quantitative estimate of drug-likeness (QED) is 0.0321. The van der Waals surface area contributed by atoms with Crippen molar-refractivity contribution in [2.45, 2.75) is 347 Å². The largest absolute Gasteiger partial charge is 0.466 e. The number of nitrogens with one attached hydrogen (secondary N) is 1. The molecule has 0 rings (SSSR count). The summed E-state index contributed by atoms with van der Waals surface area (Å²) in [7, 11) is 0. The molecule has 0 fully saturated rings. The number of amides is 1. The molecule has 3 N–H and O–H groups in total. The zero-order valence-electron chi connectivity index (χ0n) is 47.0. The SMILES string of the molecule is CCCCCC/C=C\CCCCCCCC(=O)OCCCCCCCCCCC/C=C\C/C=C\CCCCCCCCCCCC(=O)NC(CO)C(O)CCCCCCCCCCCCCCCCC. The van der Waals surface area contributed by atoms with Crippen LogP contribution in [0.15, 0.2) is 36.5 Å². The molecular weight excluding hydrogens is 863 g/mol. The monoisotopic (exact) mass is 984 g/mol. The fraction of sp³-hybridized carbons (Fsp3) is 0.875. The van der Waals surface area contributed by atoms with Crippen molar-refractivity contribution in [2.24, 2.45) is 0 Å². The molecule has 6 heteroatoms. The highest BCUT2D eigenvalue weighted by molar-refractivity contribution is 5.76. The third kappa shape index (κ3) is 55.4. The van der Waals surface area contributed by atoms with Crippen molar-refractivity contribution in [3.63, 3.8) is 0 Å². The lowest BCUT2D eigenvalue weighted by Crippen LogP contribution is -2.45. The summed E-state index contributed by atoms with van der Waals surface area (Å²) in [6, 6.07) is -0.546. The molecule has 0 aliphatic rings. The highest BCUT2D eigenvalue weighted by Gasteiger charge is 2.20. The standard InChI is InChI=1S/C64H121NO5/c1-3-5-7-9-11-13-15-17-29-33-36-40-44-48-52-56-62(67)61(60-66)65-63(68)57-53-49-45-41-37-34-30-27-25-23-21-19-18-20-22-24-26-28-31-35-39-43-47-51-55-59-70-64(69)58-54-50-46-42-38-32-16-14-12-10-8-6-4-2/h14,16,19-22,61-62,66-67H,3-13,15,17-18,23-60H2,1-2H3,(H,65,68)/b16-14-,21-19-,22-20-. The minimum atomic E-state index is -0.668. The predicted octanol–water partition coefficient (Wildman–Crippen LogP) is 19.6. The van der Waals surface area contributed by atoms with Crippen LogP contribution in [0.2, 0.25) is 0 Å². The molecule has 0 radical (unpaired) electrons. The number of carbonyl (C=O) groups excluding carboxylic acids is 2. The summed E-state index contributed by atoms with van der Waals surface area (Å²) < 4.78 is 5.47. The van der Waals surface area contributed by atoms with Crippen LogP contribution in [-0.2, 0) is 14.3 Å². The molecule has 0 aromatic rings. The highest BCUT2D eigenvalue weighted by atomic mass is 16.5. The first-order valence-corrected chi connectivity index (χ1v) is 31.2. The summed E-state index contributed by atoms with van der Waals surface area (Å²) in [5, 5.41) is 23.3. The van der Waals surface area contributed by atoms with E-state index in [1.807, 2.05) is 0 Å². The molecule has 0 saturated carbocycles. The van der Waals surface area contributed by atoms with E-state index in [-0.39, 0.29) is 18.5 Å². The van der Waals surface area contributed by atoms with Gasteiger partial charge in [0.05, 0.1) is 25.4 Å². The third-order valence-corrected chi connectivity index (χ3v) is 14.4. The molecular formula is C64H121NO5. The Kier molecular flexibility index (Phi) is 58.0. The molecule has 0 heterocycles. The Labute approximate surface area is 436 Å². The minimum absolute atomic E-state index is 0.000263. The lowest BCUT2D eigenvalue weighted by Gasteiger charge is -2.22. The lowest BCUT2D eigenvalue weighted by atomic mass is 10.0. The Balaban J connectivity index is 3.44. The zero-order chi connectivity index (χ0) is 50.7. The van der Waals surface area contributed by atoms with Crippen molar-refractivity contribution in [1.29, 1.82) is 0 Å². The van der Waals surface area contributed by atoms with Gasteiger partial charge in [0.2, 0.25) is 5.91 Å². The van der Waals surface area contributed by atoms with Gasteiger partial charge in [-0.3, -0.25) is 9.59 Å². The van der Waals surface area contributed by atoms with Gasteiger partial charge in [0.25, 0.3) is 0 Å². The first-order valence-electron chi connectivity index (χ1n) is 31.2. The van der Waals surface area contributed by atoms with Crippen LogP contribution in [0.1, 0.15) is 335 Å². The average Bonchev–Trinajstić information content (AvgIpc) is 3.36. The first-order chi connectivity index (χ1) is 34.5. The maximum absolute atomic E-state index is 12.5. The second-order valence-electron chi connectivity index (χ2n) is 21.4. The summed E-state index contributed by atoms with van der Waals surface area (Å²) in [6.07, 6.45) is 74.4. The van der Waals surface area contributed by atoms with Gasteiger partial charge in [-0.25, -0.2) is 0 Å². The Bertz CT molecular complexity index is 1130. The summed E-state index contributed by atoms with van der Waals surface area (Å²) in [5.74, 6) is -0.0400. The fourth-order valence-corrected chi connectivity index (χ4v) is 9.61. The molecule has 0 bridgehead atoms. The van der Waals surface area contributed by atoms with Crippen LogP contribution in [0, 0.1) is 0 Å². The molecule has 70 heavy (non-hydrogen) atoms. The maximum Gasteiger partial charge on any atom is 0.305 e. The zero-order valence-corrected chi connectivity index (χ0v) is 47.0. The van der Waals surface area contributed by atoms with Crippen LogP contribution in [0.25, 0.3) is 0 Å². The molecule has 412 valence electrons. The highest BCUT2D eigenvalue weighted by Crippen LogP contribution is 2.17. The number of ether oxygens (including phenoxy) is 1. The van der Waals surface area contributed by atoms with E-state index in [1.165, 1.54) is 250 Å². The molecule has 1 amide bonds. The number of carbonyl (C=O) groups is 2. The number of hydrogen-bond acceptors (Lipinski definition) is 5. The average molecular weight is 985 g/mol. The Morgan fingerprint density at radius 2 is 0.714 bits per heavy atom. The van der Waals surface area contributed by atoms with Crippen molar-refractivity contribution in [1.82, 2.24) is 5.32 Å². The fourth-order valence-electron chi connectivity index (χ4n) is 9.61. The van der Waals surface area contributed by atoms with Gasteiger partial charge in [-0.15, -0.1) is 0 Å². The van der Waals surface area contributed by atoms with Gasteiger partial charge < -0.3 is 20.3 Å². The maximum atomic E-state index is 12.5. The van der Waals surface area contributed by atoms with E-state index in [0.717, 1.165) is 51.4 Å². The van der Waals surface area contributed by atoms with E-state index in [0.29, 0.717) is 25.9 Å². The van der Waals surface area contributed by atoms with Gasteiger partial charge in [-0.05, 0) is 83.5 Å². The second kappa shape index (κ2) is 59.6. The number of aliphatic hydroxyl groups excluding tert-OH is 2. The number of rotatable bonds is 58. The van der Waals surface area contributed by atoms with Gasteiger partial charge in [0.15, 0.2) is 0 Å². The van der Waals surface area contributed by atoms with Crippen molar-refractivity contribution >= 4 is 11.9 Å². The van der Waals surface area contributed by atoms with E-state index < -0.39 is 12.1 Å². The second-order valence-corrected chi connectivity index (χ2v) is 21.4. The number of unbranched alkanes of at least 4 members (excludes halogenated alkanes) is 41.